The molecular formula is C25H31N3O3. The summed E-state index contributed by atoms with van der Waals surface area (Å²) in [5.74, 6) is 0.499. The minimum absolute atomic E-state index is 0.00681. The summed E-state index contributed by atoms with van der Waals surface area (Å²) in [5, 5.41) is 6.22. The van der Waals surface area contributed by atoms with E-state index < -0.39 is 0 Å². The summed E-state index contributed by atoms with van der Waals surface area (Å²) in [4.78, 5) is 27.2. The van der Waals surface area contributed by atoms with Gasteiger partial charge in [0.2, 0.25) is 5.91 Å². The molecule has 0 fully saturated rings. The number of likely N-dealkylation sites (N-methyl/N-ethyl adjacent to an activating group) is 1. The van der Waals surface area contributed by atoms with Gasteiger partial charge in [-0.3, -0.25) is 9.59 Å². The van der Waals surface area contributed by atoms with Crippen molar-refractivity contribution in [2.75, 3.05) is 20.7 Å². The van der Waals surface area contributed by atoms with Crippen LogP contribution in [0.3, 0.4) is 0 Å². The van der Waals surface area contributed by atoms with Crippen molar-refractivity contribution in [2.24, 2.45) is 10.5 Å². The zero-order chi connectivity index (χ0) is 22.6. The molecule has 0 N–H and O–H groups in total. The van der Waals surface area contributed by atoms with E-state index in [-0.39, 0.29) is 29.8 Å². The van der Waals surface area contributed by atoms with Crippen LogP contribution in [0.2, 0.25) is 0 Å². The number of rotatable bonds is 6. The molecule has 1 aliphatic heterocycles. The largest absolute Gasteiger partial charge is 0.497 e. The van der Waals surface area contributed by atoms with Crippen molar-refractivity contribution >= 4 is 17.5 Å². The Morgan fingerprint density at radius 2 is 1.84 bits per heavy atom. The van der Waals surface area contributed by atoms with Crippen LogP contribution in [0.5, 0.6) is 5.75 Å². The van der Waals surface area contributed by atoms with Crippen molar-refractivity contribution < 1.29 is 14.3 Å². The van der Waals surface area contributed by atoms with Gasteiger partial charge in [0.15, 0.2) is 0 Å². The van der Waals surface area contributed by atoms with Gasteiger partial charge >= 0.3 is 0 Å². The van der Waals surface area contributed by atoms with Gasteiger partial charge in [0, 0.05) is 25.5 Å². The van der Waals surface area contributed by atoms with E-state index in [9.17, 15) is 9.59 Å². The maximum atomic E-state index is 13.2. The van der Waals surface area contributed by atoms with Crippen molar-refractivity contribution in [3.63, 3.8) is 0 Å². The maximum absolute atomic E-state index is 13.2. The highest BCUT2D eigenvalue weighted by molar-refractivity contribution is 6.03. The second kappa shape index (κ2) is 9.33. The summed E-state index contributed by atoms with van der Waals surface area (Å²) < 4.78 is 5.34. The van der Waals surface area contributed by atoms with Gasteiger partial charge in [0.1, 0.15) is 12.3 Å². The van der Waals surface area contributed by atoms with Crippen molar-refractivity contribution in [2.45, 2.75) is 39.7 Å². The molecule has 2 amide bonds. The van der Waals surface area contributed by atoms with Gasteiger partial charge in [-0.25, -0.2) is 5.01 Å². The summed E-state index contributed by atoms with van der Waals surface area (Å²) in [6, 6.07) is 17.4. The van der Waals surface area contributed by atoms with Crippen molar-refractivity contribution in [3.05, 3.63) is 65.7 Å². The average molecular weight is 422 g/mol. The lowest BCUT2D eigenvalue weighted by Gasteiger charge is -2.26. The zero-order valence-electron chi connectivity index (χ0n) is 19.0. The van der Waals surface area contributed by atoms with E-state index in [4.69, 9.17) is 4.74 Å². The van der Waals surface area contributed by atoms with E-state index in [1.165, 1.54) is 9.91 Å². The standard InChI is InChI=1S/C25H31N3O3/c1-25(2,3)16-23(29)27(4)17-24(30)28-22(18-10-7-6-8-11-18)15-21(26-28)19-12-9-13-20(14-19)31-5/h6-14,22H,15-17H2,1-5H3. The fourth-order valence-electron chi connectivity index (χ4n) is 3.60. The molecule has 0 saturated heterocycles. The highest BCUT2D eigenvalue weighted by Crippen LogP contribution is 2.33. The number of hydrogen-bond acceptors (Lipinski definition) is 4. The molecule has 0 saturated carbocycles. The predicted octanol–water partition coefficient (Wildman–Crippen LogP) is 4.27. The number of ether oxygens (including phenoxy) is 1. The molecule has 2 aromatic carbocycles. The quantitative estimate of drug-likeness (QED) is 0.700. The van der Waals surface area contributed by atoms with E-state index in [1.54, 1.807) is 14.2 Å². The third-order valence-electron chi connectivity index (χ3n) is 5.23. The summed E-state index contributed by atoms with van der Waals surface area (Å²) in [7, 11) is 3.30. The minimum Gasteiger partial charge on any atom is -0.497 e. The van der Waals surface area contributed by atoms with Crippen LogP contribution in [-0.4, -0.2) is 48.1 Å². The van der Waals surface area contributed by atoms with Crippen LogP contribution in [-0.2, 0) is 9.59 Å². The molecule has 6 heteroatoms. The van der Waals surface area contributed by atoms with Crippen LogP contribution in [0.15, 0.2) is 59.7 Å². The first-order valence-corrected chi connectivity index (χ1v) is 10.5. The lowest BCUT2D eigenvalue weighted by atomic mass is 9.92. The number of benzene rings is 2. The Morgan fingerprint density at radius 3 is 2.48 bits per heavy atom. The third kappa shape index (κ3) is 5.72. The van der Waals surface area contributed by atoms with Crippen LogP contribution in [0.4, 0.5) is 0 Å². The van der Waals surface area contributed by atoms with Crippen LogP contribution < -0.4 is 4.74 Å². The molecule has 3 rings (SSSR count). The Labute approximate surface area is 184 Å². The lowest BCUT2D eigenvalue weighted by molar-refractivity contribution is -0.141. The molecule has 164 valence electrons. The molecule has 0 spiro atoms. The second-order valence-electron chi connectivity index (χ2n) is 9.13. The highest BCUT2D eigenvalue weighted by Gasteiger charge is 2.34. The normalized spacial score (nSPS) is 16.1. The molecule has 0 aromatic heterocycles. The minimum atomic E-state index is -0.207. The number of nitrogens with zero attached hydrogens (tertiary/aromatic N) is 3. The summed E-state index contributed by atoms with van der Waals surface area (Å²) in [5.41, 5.74) is 2.63. The molecule has 31 heavy (non-hydrogen) atoms. The molecule has 1 aliphatic rings. The fraction of sp³-hybridized carbons (Fsp3) is 0.400. The van der Waals surface area contributed by atoms with Crippen LogP contribution in [0, 0.1) is 5.41 Å². The van der Waals surface area contributed by atoms with Crippen molar-refractivity contribution in [3.8, 4) is 5.75 Å². The third-order valence-corrected chi connectivity index (χ3v) is 5.23. The number of hydrogen-bond donors (Lipinski definition) is 0. The molecule has 0 radical (unpaired) electrons. The highest BCUT2D eigenvalue weighted by atomic mass is 16.5. The molecule has 0 aliphatic carbocycles. The average Bonchev–Trinajstić information content (AvgIpc) is 3.19. The number of methoxy groups -OCH3 is 1. The Balaban J connectivity index is 1.84. The second-order valence-corrected chi connectivity index (χ2v) is 9.13. The Hall–Kier alpha value is -3.15. The monoisotopic (exact) mass is 421 g/mol. The van der Waals surface area contributed by atoms with Crippen LogP contribution in [0.1, 0.15) is 50.8 Å². The fourth-order valence-corrected chi connectivity index (χ4v) is 3.60. The van der Waals surface area contributed by atoms with Gasteiger partial charge in [-0.1, -0.05) is 63.2 Å². The predicted molar refractivity (Wildman–Crippen MR) is 122 cm³/mol. The smallest absolute Gasteiger partial charge is 0.262 e. The van der Waals surface area contributed by atoms with E-state index in [2.05, 4.69) is 5.10 Å². The van der Waals surface area contributed by atoms with Gasteiger partial charge in [0.25, 0.3) is 5.91 Å². The maximum Gasteiger partial charge on any atom is 0.262 e. The molecular weight excluding hydrogens is 390 g/mol. The van der Waals surface area contributed by atoms with Gasteiger partial charge in [0.05, 0.1) is 18.9 Å². The van der Waals surface area contributed by atoms with Crippen LogP contribution >= 0.6 is 0 Å². The summed E-state index contributed by atoms with van der Waals surface area (Å²) in [6.07, 6.45) is 0.986. The molecule has 1 heterocycles. The topological polar surface area (TPSA) is 62.2 Å². The van der Waals surface area contributed by atoms with E-state index in [0.29, 0.717) is 12.8 Å². The summed E-state index contributed by atoms with van der Waals surface area (Å²) >= 11 is 0. The number of carbonyl (C=O) groups is 2. The van der Waals surface area contributed by atoms with E-state index in [1.807, 2.05) is 75.4 Å². The number of carbonyl (C=O) groups excluding carboxylic acids is 2. The first-order valence-electron chi connectivity index (χ1n) is 10.5. The Bertz CT molecular complexity index is 963. The molecule has 1 unspecified atom stereocenters. The number of amides is 2. The molecule has 2 aromatic rings. The van der Waals surface area contributed by atoms with E-state index in [0.717, 1.165) is 22.6 Å². The van der Waals surface area contributed by atoms with Crippen LogP contribution in [0.25, 0.3) is 0 Å². The lowest BCUT2D eigenvalue weighted by Crippen LogP contribution is -2.40. The molecule has 6 nitrogen and oxygen atoms in total. The van der Waals surface area contributed by atoms with E-state index >= 15 is 0 Å². The van der Waals surface area contributed by atoms with Gasteiger partial charge in [-0.05, 0) is 23.1 Å². The van der Waals surface area contributed by atoms with Gasteiger partial charge in [-0.2, -0.15) is 5.10 Å². The molecule has 1 atom stereocenters. The Morgan fingerprint density at radius 1 is 1.13 bits per heavy atom. The molecule has 0 bridgehead atoms. The van der Waals surface area contributed by atoms with Gasteiger partial charge < -0.3 is 9.64 Å². The zero-order valence-corrected chi connectivity index (χ0v) is 19.0. The SMILES string of the molecule is COc1cccc(C2=NN(C(=O)CN(C)C(=O)CC(C)(C)C)C(c3ccccc3)C2)c1. The van der Waals surface area contributed by atoms with Crippen molar-refractivity contribution in [1.29, 1.82) is 0 Å². The summed E-state index contributed by atoms with van der Waals surface area (Å²) in [6.45, 7) is 6.03. The Kier molecular flexibility index (Phi) is 6.78. The van der Waals surface area contributed by atoms with Crippen molar-refractivity contribution in [1.82, 2.24) is 9.91 Å². The first-order chi connectivity index (χ1) is 14.7. The first kappa shape index (κ1) is 22.5. The van der Waals surface area contributed by atoms with Gasteiger partial charge in [-0.15, -0.1) is 0 Å². The number of hydrazone groups is 1.